The Labute approximate surface area is 413 Å². The first-order valence-electron chi connectivity index (χ1n) is 22.4. The van der Waals surface area contributed by atoms with Crippen molar-refractivity contribution in [3.05, 3.63) is 157 Å². The number of para-hydroxylation sites is 1. The van der Waals surface area contributed by atoms with Crippen molar-refractivity contribution >= 4 is 41.0 Å². The maximum atomic E-state index is 15.2. The van der Waals surface area contributed by atoms with Crippen LogP contribution in [0.3, 0.4) is 0 Å². The fraction of sp³-hybridized carbons (Fsp3) is 0.151. The number of nitriles is 2. The Morgan fingerprint density at radius 3 is 2.25 bits per heavy atom. The van der Waals surface area contributed by atoms with E-state index in [0.717, 1.165) is 18.9 Å². The molecule has 7 aromatic rings. The Morgan fingerprint density at radius 2 is 1.51 bits per heavy atom. The second-order valence-corrected chi connectivity index (χ2v) is 16.5. The van der Waals surface area contributed by atoms with Crippen molar-refractivity contribution in [2.24, 2.45) is 0 Å². The van der Waals surface area contributed by atoms with E-state index >= 15 is 4.39 Å². The van der Waals surface area contributed by atoms with Crippen molar-refractivity contribution in [2.75, 3.05) is 55.8 Å². The van der Waals surface area contributed by atoms with Crippen molar-refractivity contribution in [3.63, 3.8) is 0 Å². The van der Waals surface area contributed by atoms with Gasteiger partial charge in [0.1, 0.15) is 70.6 Å². The van der Waals surface area contributed by atoms with Crippen LogP contribution in [0.1, 0.15) is 18.4 Å². The smallest absolute Gasteiger partial charge is 0.266 e. The number of pyridine rings is 1. The molecule has 8 rings (SSSR count). The first kappa shape index (κ1) is 48.7. The summed E-state index contributed by atoms with van der Waals surface area (Å²) >= 11 is 0. The number of likely N-dealkylation sites (tertiary alicyclic amines) is 1. The molecule has 1 fully saturated rings. The molecule has 3 aromatic heterocycles. The summed E-state index contributed by atoms with van der Waals surface area (Å²) in [6, 6.07) is 33.9. The molecule has 1 unspecified atom stereocenters. The number of nitrogens with zero attached hydrogens (tertiary/aromatic N) is 9. The van der Waals surface area contributed by atoms with Crippen molar-refractivity contribution in [3.8, 4) is 69.2 Å². The van der Waals surface area contributed by atoms with E-state index in [-0.39, 0.29) is 57.6 Å². The van der Waals surface area contributed by atoms with Crippen LogP contribution in [-0.4, -0.2) is 86.3 Å². The summed E-state index contributed by atoms with van der Waals surface area (Å²) in [6.07, 6.45) is 8.58. The van der Waals surface area contributed by atoms with E-state index in [9.17, 15) is 20.1 Å². The quantitative estimate of drug-likeness (QED) is 0.0522. The number of halogens is 1. The van der Waals surface area contributed by atoms with E-state index < -0.39 is 11.7 Å². The molecule has 4 heterocycles. The highest BCUT2D eigenvalue weighted by Gasteiger charge is 2.27. The fourth-order valence-corrected chi connectivity index (χ4v) is 7.59. The molecule has 4 aromatic carbocycles. The van der Waals surface area contributed by atoms with Gasteiger partial charge in [0.05, 0.1) is 11.1 Å². The Kier molecular flexibility index (Phi) is 15.3. The lowest BCUT2D eigenvalue weighted by Gasteiger charge is -2.33. The number of hydrogen-bond acceptors (Lipinski definition) is 16. The number of rotatable bonds is 16. The van der Waals surface area contributed by atoms with E-state index in [1.54, 1.807) is 71.6 Å². The molecule has 1 atom stereocenters. The second-order valence-electron chi connectivity index (χ2n) is 16.5. The van der Waals surface area contributed by atoms with Crippen molar-refractivity contribution in [1.29, 1.82) is 10.5 Å². The van der Waals surface area contributed by atoms with Crippen molar-refractivity contribution in [1.82, 2.24) is 34.7 Å². The Bertz CT molecular complexity index is 3250. The van der Waals surface area contributed by atoms with E-state index in [1.165, 1.54) is 37.1 Å². The number of aromatic nitrogens is 5. The van der Waals surface area contributed by atoms with E-state index in [2.05, 4.69) is 35.6 Å². The molecule has 1 aliphatic rings. The van der Waals surface area contributed by atoms with Gasteiger partial charge in [-0.05, 0) is 105 Å². The number of anilines is 4. The van der Waals surface area contributed by atoms with Crippen LogP contribution in [0, 0.1) is 28.5 Å². The molecule has 0 radical (unpaired) electrons. The minimum atomic E-state index is -0.763. The van der Waals surface area contributed by atoms with Gasteiger partial charge in [0.15, 0.2) is 11.6 Å². The molecule has 1 saturated heterocycles. The van der Waals surface area contributed by atoms with Gasteiger partial charge in [0.2, 0.25) is 11.8 Å². The summed E-state index contributed by atoms with van der Waals surface area (Å²) in [5.74, 6) is 0.431. The number of nitrogens with one attached hydrogen (secondary N) is 2. The van der Waals surface area contributed by atoms with Gasteiger partial charge in [-0.15, -0.1) is 0 Å². The number of benzene rings is 4. The molecule has 0 saturated carbocycles. The standard InChI is InChI=1S/C53H46FN13O5/c1-66(2)23-21-35(27-55)53(69)67-22-7-9-39(30-67)64-50-46(48(57)60-31-62-50)34-13-17-41(18-14-34)70-42-12-6-8-33(25-42)24-37(28-56)51(68)65-38-16-19-43(54)44(26-38)72-52-47(49(58)61-32-63-52)36-15-20-45(59-29-36)71-40-10-4-3-5-11-40/h3-6,8,10-21,24-26,29,31-32,39H,7,9,22-23,30H2,1-2H3,(H,65,68)(H2,58,61,63)(H3,57,60,62,64)/b35-21+,37-24+. The van der Waals surface area contributed by atoms with Crippen LogP contribution in [0.4, 0.5) is 27.5 Å². The molecule has 6 N–H and O–H groups in total. The predicted molar refractivity (Wildman–Crippen MR) is 269 cm³/mol. The first-order chi connectivity index (χ1) is 34.9. The molecule has 1 aliphatic heterocycles. The molecule has 360 valence electrons. The number of nitrogen functional groups attached to an aromatic ring is 2. The maximum Gasteiger partial charge on any atom is 0.266 e. The number of carbonyl (C=O) groups is 2. The summed E-state index contributed by atoms with van der Waals surface area (Å²) in [7, 11) is 3.73. The van der Waals surface area contributed by atoms with Gasteiger partial charge in [-0.25, -0.2) is 29.3 Å². The van der Waals surface area contributed by atoms with E-state index in [1.807, 2.05) is 61.5 Å². The Hall–Kier alpha value is -9.72. The monoisotopic (exact) mass is 963 g/mol. The van der Waals surface area contributed by atoms with Crippen LogP contribution >= 0.6 is 0 Å². The number of hydrogen-bond donors (Lipinski definition) is 4. The van der Waals surface area contributed by atoms with Gasteiger partial charge in [0.25, 0.3) is 11.8 Å². The average Bonchev–Trinajstić information content (AvgIpc) is 3.38. The first-order valence-corrected chi connectivity index (χ1v) is 22.4. The highest BCUT2D eigenvalue weighted by atomic mass is 19.1. The van der Waals surface area contributed by atoms with Crippen LogP contribution < -0.4 is 36.3 Å². The highest BCUT2D eigenvalue weighted by Crippen LogP contribution is 2.38. The summed E-state index contributed by atoms with van der Waals surface area (Å²) in [6.45, 7) is 1.39. The number of amides is 2. The lowest BCUT2D eigenvalue weighted by atomic mass is 10.0. The van der Waals surface area contributed by atoms with E-state index in [4.69, 9.17) is 25.7 Å². The van der Waals surface area contributed by atoms with Crippen molar-refractivity contribution < 1.29 is 28.2 Å². The van der Waals surface area contributed by atoms with Crippen LogP contribution in [0.25, 0.3) is 28.3 Å². The van der Waals surface area contributed by atoms with Crippen LogP contribution in [0.15, 0.2) is 145 Å². The van der Waals surface area contributed by atoms with E-state index in [0.29, 0.717) is 70.8 Å². The third-order valence-electron chi connectivity index (χ3n) is 11.1. The van der Waals surface area contributed by atoms with Gasteiger partial charge in [-0.2, -0.15) is 10.5 Å². The summed E-state index contributed by atoms with van der Waals surface area (Å²) in [5.41, 5.74) is 15.1. The number of nitrogens with two attached hydrogens (primary N) is 2. The van der Waals surface area contributed by atoms with Gasteiger partial charge in [0, 0.05) is 55.3 Å². The molecule has 0 bridgehead atoms. The predicted octanol–water partition coefficient (Wildman–Crippen LogP) is 8.64. The summed E-state index contributed by atoms with van der Waals surface area (Å²) in [5, 5.41) is 25.8. The number of carbonyl (C=O) groups excluding carboxylic acids is 2. The number of piperidine rings is 1. The average molecular weight is 964 g/mol. The zero-order chi connectivity index (χ0) is 50.6. The fourth-order valence-electron chi connectivity index (χ4n) is 7.59. The van der Waals surface area contributed by atoms with Gasteiger partial charge in [-0.1, -0.05) is 42.5 Å². The maximum absolute atomic E-state index is 15.2. The minimum absolute atomic E-state index is 0.0491. The van der Waals surface area contributed by atoms with Crippen LogP contribution in [-0.2, 0) is 9.59 Å². The highest BCUT2D eigenvalue weighted by molar-refractivity contribution is 6.09. The number of likely N-dealkylation sites (N-methyl/N-ethyl adjacent to an activating group) is 1. The zero-order valence-corrected chi connectivity index (χ0v) is 39.0. The van der Waals surface area contributed by atoms with Gasteiger partial charge >= 0.3 is 0 Å². The molecule has 0 spiro atoms. The molecule has 18 nitrogen and oxygen atoms in total. The molecular formula is C53H46FN13O5. The summed E-state index contributed by atoms with van der Waals surface area (Å²) in [4.78, 5) is 51.6. The summed E-state index contributed by atoms with van der Waals surface area (Å²) < 4.78 is 33.1. The zero-order valence-electron chi connectivity index (χ0n) is 39.0. The Balaban J connectivity index is 0.915. The second kappa shape index (κ2) is 22.6. The third-order valence-corrected chi connectivity index (χ3v) is 11.1. The number of ether oxygens (including phenoxy) is 3. The third kappa shape index (κ3) is 12.1. The normalized spacial score (nSPS) is 13.6. The largest absolute Gasteiger partial charge is 0.457 e. The van der Waals surface area contributed by atoms with Gasteiger partial charge < -0.3 is 46.1 Å². The molecule has 72 heavy (non-hydrogen) atoms. The molecule has 2 amide bonds. The lowest BCUT2D eigenvalue weighted by Crippen LogP contribution is -2.45. The Morgan fingerprint density at radius 1 is 0.792 bits per heavy atom. The van der Waals surface area contributed by atoms with Crippen molar-refractivity contribution in [2.45, 2.75) is 18.9 Å². The molecule has 0 aliphatic carbocycles. The lowest BCUT2D eigenvalue weighted by molar-refractivity contribution is -0.127. The van der Waals surface area contributed by atoms with Crippen LogP contribution in [0.5, 0.6) is 34.8 Å². The molecular weight excluding hydrogens is 918 g/mol. The topological polar surface area (TPSA) is 256 Å². The van der Waals surface area contributed by atoms with Crippen LogP contribution in [0.2, 0.25) is 0 Å². The molecule has 19 heteroatoms. The minimum Gasteiger partial charge on any atom is -0.457 e. The van der Waals surface area contributed by atoms with Gasteiger partial charge in [-0.3, -0.25) is 9.59 Å². The SMILES string of the molecule is CN(C)C/C=C(\C#N)C(=O)N1CCCC(Nc2ncnc(N)c2-c2ccc(Oc3cccc(/C=C(\C#N)C(=O)Nc4ccc(F)c(Oc5ncnc(N)c5-c5ccc(Oc6ccccc6)nc5)c4)c3)cc2)C1.